The van der Waals surface area contributed by atoms with Crippen LogP contribution in [-0.2, 0) is 4.74 Å². The van der Waals surface area contributed by atoms with Gasteiger partial charge in [-0.2, -0.15) is 0 Å². The molecule has 0 spiro atoms. The lowest BCUT2D eigenvalue weighted by Gasteiger charge is -2.20. The molecule has 1 aliphatic heterocycles. The van der Waals surface area contributed by atoms with Gasteiger partial charge in [-0.1, -0.05) is 30.3 Å². The van der Waals surface area contributed by atoms with Gasteiger partial charge in [-0.05, 0) is 50.2 Å². The van der Waals surface area contributed by atoms with Crippen molar-refractivity contribution in [2.75, 3.05) is 32.1 Å². The third-order valence-electron chi connectivity index (χ3n) is 4.89. The van der Waals surface area contributed by atoms with Crippen LogP contribution >= 0.6 is 0 Å². The van der Waals surface area contributed by atoms with Crippen LogP contribution in [0.3, 0.4) is 0 Å². The van der Waals surface area contributed by atoms with Crippen molar-refractivity contribution >= 4 is 17.5 Å². The zero-order valence-corrected chi connectivity index (χ0v) is 16.6. The highest BCUT2D eigenvalue weighted by Gasteiger charge is 2.32. The number of rotatable bonds is 6. The second kappa shape index (κ2) is 8.99. The number of hydrogen-bond acceptors (Lipinski definition) is 4. The number of urea groups is 1. The Morgan fingerprint density at radius 2 is 1.86 bits per heavy atom. The van der Waals surface area contributed by atoms with Crippen LogP contribution in [0.5, 0.6) is 0 Å². The lowest BCUT2D eigenvalue weighted by atomic mass is 10.0. The van der Waals surface area contributed by atoms with Crippen LogP contribution in [-0.4, -0.2) is 55.6 Å². The fraction of sp³-hybridized carbons (Fsp3) is 0.364. The van der Waals surface area contributed by atoms with Crippen molar-refractivity contribution in [2.24, 2.45) is 0 Å². The minimum absolute atomic E-state index is 0.0108. The van der Waals surface area contributed by atoms with E-state index in [9.17, 15) is 9.59 Å². The fourth-order valence-electron chi connectivity index (χ4n) is 3.48. The SMILES string of the molecule is CCO[C@@H]1CN(C)C[C@H]1NC(=O)Nc1ccc(-c2cccc(C(C)=O)c2)cc1. The van der Waals surface area contributed by atoms with Crippen molar-refractivity contribution in [3.05, 3.63) is 54.1 Å². The average Bonchev–Trinajstić information content (AvgIpc) is 3.01. The summed E-state index contributed by atoms with van der Waals surface area (Å²) in [5.41, 5.74) is 3.35. The van der Waals surface area contributed by atoms with Crippen molar-refractivity contribution in [1.82, 2.24) is 10.2 Å². The predicted octanol–water partition coefficient (Wildman–Crippen LogP) is 3.40. The zero-order chi connectivity index (χ0) is 20.1. The molecule has 0 unspecified atom stereocenters. The second-order valence-electron chi connectivity index (χ2n) is 7.13. The van der Waals surface area contributed by atoms with Gasteiger partial charge in [0.05, 0.1) is 12.1 Å². The fourth-order valence-corrected chi connectivity index (χ4v) is 3.48. The lowest BCUT2D eigenvalue weighted by Crippen LogP contribution is -2.45. The van der Waals surface area contributed by atoms with Crippen molar-refractivity contribution in [1.29, 1.82) is 0 Å². The molecule has 1 fully saturated rings. The molecule has 1 aliphatic rings. The highest BCUT2D eigenvalue weighted by Crippen LogP contribution is 2.23. The molecule has 148 valence electrons. The Hall–Kier alpha value is -2.70. The van der Waals surface area contributed by atoms with Gasteiger partial charge in [0.1, 0.15) is 0 Å². The minimum Gasteiger partial charge on any atom is -0.375 e. The summed E-state index contributed by atoms with van der Waals surface area (Å²) in [6, 6.07) is 14.8. The smallest absolute Gasteiger partial charge is 0.319 e. The first-order valence-electron chi connectivity index (χ1n) is 9.55. The Bertz CT molecular complexity index is 835. The van der Waals surface area contributed by atoms with Gasteiger partial charge in [-0.3, -0.25) is 4.79 Å². The number of hydrogen-bond donors (Lipinski definition) is 2. The molecule has 0 bridgehead atoms. The maximum absolute atomic E-state index is 12.4. The molecule has 0 aromatic heterocycles. The van der Waals surface area contributed by atoms with Gasteiger partial charge in [-0.25, -0.2) is 4.79 Å². The van der Waals surface area contributed by atoms with Crippen molar-refractivity contribution in [2.45, 2.75) is 26.0 Å². The first kappa shape index (κ1) is 20.0. The molecule has 28 heavy (non-hydrogen) atoms. The predicted molar refractivity (Wildman–Crippen MR) is 111 cm³/mol. The van der Waals surface area contributed by atoms with Gasteiger partial charge in [-0.15, -0.1) is 0 Å². The summed E-state index contributed by atoms with van der Waals surface area (Å²) >= 11 is 0. The number of likely N-dealkylation sites (tertiary alicyclic amines) is 1. The number of ketones is 1. The molecule has 6 heteroatoms. The van der Waals surface area contributed by atoms with Gasteiger partial charge in [0.15, 0.2) is 5.78 Å². The van der Waals surface area contributed by atoms with E-state index in [4.69, 9.17) is 4.74 Å². The molecule has 0 radical (unpaired) electrons. The van der Waals surface area contributed by atoms with Crippen LogP contribution in [0.25, 0.3) is 11.1 Å². The minimum atomic E-state index is -0.240. The van der Waals surface area contributed by atoms with E-state index in [2.05, 4.69) is 15.5 Å². The summed E-state index contributed by atoms with van der Waals surface area (Å²) in [4.78, 5) is 26.1. The molecule has 6 nitrogen and oxygen atoms in total. The van der Waals surface area contributed by atoms with E-state index in [1.54, 1.807) is 6.92 Å². The molecule has 0 aliphatic carbocycles. The van der Waals surface area contributed by atoms with E-state index >= 15 is 0 Å². The van der Waals surface area contributed by atoms with Crippen LogP contribution in [0.15, 0.2) is 48.5 Å². The van der Waals surface area contributed by atoms with Crippen molar-refractivity contribution < 1.29 is 14.3 Å². The summed E-state index contributed by atoms with van der Waals surface area (Å²) in [5.74, 6) is 0.0414. The molecule has 0 saturated carbocycles. The Morgan fingerprint density at radius 1 is 1.11 bits per heavy atom. The molecule has 1 saturated heterocycles. The third-order valence-corrected chi connectivity index (χ3v) is 4.89. The monoisotopic (exact) mass is 381 g/mol. The molecule has 2 aromatic rings. The molecule has 2 atom stereocenters. The van der Waals surface area contributed by atoms with E-state index in [1.165, 1.54) is 0 Å². The van der Waals surface area contributed by atoms with Gasteiger partial charge in [0.2, 0.25) is 0 Å². The zero-order valence-electron chi connectivity index (χ0n) is 16.6. The first-order chi connectivity index (χ1) is 13.5. The Labute approximate surface area is 165 Å². The van der Waals surface area contributed by atoms with E-state index in [0.29, 0.717) is 17.9 Å². The third kappa shape index (κ3) is 4.97. The van der Waals surface area contributed by atoms with Gasteiger partial charge in [0.25, 0.3) is 0 Å². The maximum atomic E-state index is 12.4. The number of carbonyl (C=O) groups excluding carboxylic acids is 2. The summed E-state index contributed by atoms with van der Waals surface area (Å²) in [6.07, 6.45) is 0.0108. The standard InChI is InChI=1S/C22H27N3O3/c1-4-28-21-14-25(3)13-20(21)24-22(27)23-19-10-8-16(9-11-19)18-7-5-6-17(12-18)15(2)26/h5-12,20-21H,4,13-14H2,1-3H3,(H2,23,24,27)/t20-,21-/m1/s1. The van der Waals surface area contributed by atoms with E-state index < -0.39 is 0 Å². The quantitative estimate of drug-likeness (QED) is 0.753. The second-order valence-corrected chi connectivity index (χ2v) is 7.13. The number of Topliss-reactive ketones (excluding diaryl/α,β-unsaturated/α-hetero) is 1. The summed E-state index contributed by atoms with van der Waals surface area (Å²) < 4.78 is 5.72. The summed E-state index contributed by atoms with van der Waals surface area (Å²) in [7, 11) is 2.02. The topological polar surface area (TPSA) is 70.7 Å². The summed E-state index contributed by atoms with van der Waals surface area (Å²) in [5, 5.41) is 5.88. The van der Waals surface area contributed by atoms with Crippen LogP contribution in [0, 0.1) is 0 Å². The Morgan fingerprint density at radius 3 is 2.54 bits per heavy atom. The van der Waals surface area contributed by atoms with Crippen molar-refractivity contribution in [3.63, 3.8) is 0 Å². The first-order valence-corrected chi connectivity index (χ1v) is 9.55. The normalized spacial score (nSPS) is 19.4. The number of benzene rings is 2. The molecule has 3 rings (SSSR count). The van der Waals surface area contributed by atoms with Gasteiger partial charge < -0.3 is 20.3 Å². The Kier molecular flexibility index (Phi) is 6.44. The average molecular weight is 381 g/mol. The molecular formula is C22H27N3O3. The number of nitrogens with one attached hydrogen (secondary N) is 2. The van der Waals surface area contributed by atoms with Crippen LogP contribution in [0.1, 0.15) is 24.2 Å². The van der Waals surface area contributed by atoms with E-state index in [1.807, 2.05) is 62.5 Å². The highest BCUT2D eigenvalue weighted by atomic mass is 16.5. The van der Waals surface area contributed by atoms with Crippen molar-refractivity contribution in [3.8, 4) is 11.1 Å². The number of anilines is 1. The molecule has 2 N–H and O–H groups in total. The number of likely N-dealkylation sites (N-methyl/N-ethyl adjacent to an activating group) is 1. The number of nitrogens with zero attached hydrogens (tertiary/aromatic N) is 1. The molecule has 2 amide bonds. The molecule has 2 aromatic carbocycles. The maximum Gasteiger partial charge on any atom is 0.319 e. The summed E-state index contributed by atoms with van der Waals surface area (Å²) in [6.45, 7) is 5.73. The van der Waals surface area contributed by atoms with E-state index in [0.717, 1.165) is 24.2 Å². The van der Waals surface area contributed by atoms with Crippen LogP contribution in [0.4, 0.5) is 10.5 Å². The van der Waals surface area contributed by atoms with Crippen LogP contribution < -0.4 is 10.6 Å². The van der Waals surface area contributed by atoms with Gasteiger partial charge >= 0.3 is 6.03 Å². The largest absolute Gasteiger partial charge is 0.375 e. The molecule has 1 heterocycles. The number of amides is 2. The van der Waals surface area contributed by atoms with E-state index in [-0.39, 0.29) is 24.0 Å². The lowest BCUT2D eigenvalue weighted by molar-refractivity contribution is 0.0568. The molecular weight excluding hydrogens is 354 g/mol. The highest BCUT2D eigenvalue weighted by molar-refractivity contribution is 5.95. The van der Waals surface area contributed by atoms with Gasteiger partial charge in [0, 0.05) is 30.9 Å². The number of carbonyl (C=O) groups is 2. The van der Waals surface area contributed by atoms with Crippen LogP contribution in [0.2, 0.25) is 0 Å². The number of ether oxygens (including phenoxy) is 1. The Balaban J connectivity index is 1.62.